The van der Waals surface area contributed by atoms with Gasteiger partial charge in [0.15, 0.2) is 28.8 Å². The predicted octanol–water partition coefficient (Wildman–Crippen LogP) is 4.47. The SMILES string of the molecule is CCCCCO/N=C/c1cc(OC)c(OCC(O)Cn2c([N+](=O)[O-])cnc2C)c2c1CC1c3cc4c(cc3CCN1C2)OCO4. The molecule has 2 atom stereocenters. The summed E-state index contributed by atoms with van der Waals surface area (Å²) >= 11 is 0. The number of aliphatic hydroxyl groups is 1. The Balaban J connectivity index is 1.30. The molecule has 3 aliphatic heterocycles. The molecular weight excluding hydrogens is 582 g/mol. The van der Waals surface area contributed by atoms with Gasteiger partial charge in [-0.1, -0.05) is 24.9 Å². The fourth-order valence-corrected chi connectivity index (χ4v) is 6.39. The minimum absolute atomic E-state index is 0.0339. The molecule has 1 aromatic heterocycles. The van der Waals surface area contributed by atoms with Gasteiger partial charge in [-0.3, -0.25) is 4.90 Å². The molecule has 13 heteroatoms. The number of aromatic nitrogens is 2. The molecule has 0 radical (unpaired) electrons. The average molecular weight is 622 g/mol. The molecule has 0 spiro atoms. The maximum absolute atomic E-state index is 11.4. The topological polar surface area (TPSA) is 143 Å². The lowest BCUT2D eigenvalue weighted by atomic mass is 9.82. The molecule has 0 saturated heterocycles. The molecule has 4 heterocycles. The highest BCUT2D eigenvalue weighted by Crippen LogP contribution is 2.47. The van der Waals surface area contributed by atoms with Crippen molar-refractivity contribution in [3.63, 3.8) is 0 Å². The predicted molar refractivity (Wildman–Crippen MR) is 164 cm³/mol. The van der Waals surface area contributed by atoms with Crippen LogP contribution in [0.3, 0.4) is 0 Å². The van der Waals surface area contributed by atoms with Crippen molar-refractivity contribution in [3.05, 3.63) is 68.2 Å². The molecule has 240 valence electrons. The zero-order chi connectivity index (χ0) is 31.5. The summed E-state index contributed by atoms with van der Waals surface area (Å²) in [6.07, 6.45) is 6.60. The molecule has 3 aromatic rings. The van der Waals surface area contributed by atoms with Gasteiger partial charge in [0.2, 0.25) is 6.79 Å². The Morgan fingerprint density at radius 2 is 2.07 bits per heavy atom. The number of aryl methyl sites for hydroxylation is 1. The van der Waals surface area contributed by atoms with Crippen molar-refractivity contribution in [2.75, 3.05) is 33.7 Å². The Hall–Kier alpha value is -4.36. The molecule has 1 N–H and O–H groups in total. The van der Waals surface area contributed by atoms with E-state index in [0.717, 1.165) is 60.4 Å². The first kappa shape index (κ1) is 30.7. The number of methoxy groups -OCH3 is 1. The van der Waals surface area contributed by atoms with E-state index in [1.807, 2.05) is 6.07 Å². The second-order valence-corrected chi connectivity index (χ2v) is 11.6. The Kier molecular flexibility index (Phi) is 9.08. The van der Waals surface area contributed by atoms with Gasteiger partial charge >= 0.3 is 5.82 Å². The number of unbranched alkanes of at least 4 members (excludes halogenated alkanes) is 2. The summed E-state index contributed by atoms with van der Waals surface area (Å²) in [5.74, 6) is 2.87. The summed E-state index contributed by atoms with van der Waals surface area (Å²) in [6, 6.07) is 6.22. The smallest absolute Gasteiger partial charge is 0.342 e. The summed E-state index contributed by atoms with van der Waals surface area (Å²) in [7, 11) is 1.58. The highest BCUT2D eigenvalue weighted by atomic mass is 16.7. The number of ether oxygens (including phenoxy) is 4. The van der Waals surface area contributed by atoms with Gasteiger partial charge in [0.25, 0.3) is 0 Å². The average Bonchev–Trinajstić information content (AvgIpc) is 3.65. The van der Waals surface area contributed by atoms with Crippen molar-refractivity contribution in [1.82, 2.24) is 14.5 Å². The van der Waals surface area contributed by atoms with Gasteiger partial charge in [0.1, 0.15) is 32.1 Å². The molecule has 0 amide bonds. The summed E-state index contributed by atoms with van der Waals surface area (Å²) in [5.41, 5.74) is 5.38. The van der Waals surface area contributed by atoms with Crippen LogP contribution in [0.15, 0.2) is 29.6 Å². The second kappa shape index (κ2) is 13.3. The van der Waals surface area contributed by atoms with Crippen molar-refractivity contribution in [2.45, 2.75) is 71.2 Å². The number of fused-ring (bicyclic) bond motifs is 5. The number of rotatable bonds is 13. The van der Waals surface area contributed by atoms with Crippen LogP contribution in [0.1, 0.15) is 65.9 Å². The van der Waals surface area contributed by atoms with E-state index >= 15 is 0 Å². The summed E-state index contributed by atoms with van der Waals surface area (Å²) < 4.78 is 24.8. The van der Waals surface area contributed by atoms with Crippen LogP contribution in [-0.4, -0.2) is 70.5 Å². The first-order chi connectivity index (χ1) is 21.9. The first-order valence-corrected chi connectivity index (χ1v) is 15.4. The van der Waals surface area contributed by atoms with Crippen LogP contribution in [0.2, 0.25) is 0 Å². The van der Waals surface area contributed by atoms with E-state index in [4.69, 9.17) is 23.8 Å². The van der Waals surface area contributed by atoms with E-state index in [1.54, 1.807) is 20.2 Å². The van der Waals surface area contributed by atoms with Gasteiger partial charge in [-0.15, -0.1) is 0 Å². The lowest BCUT2D eigenvalue weighted by Gasteiger charge is -2.42. The Morgan fingerprint density at radius 1 is 1.24 bits per heavy atom. The molecule has 6 rings (SSSR count). The van der Waals surface area contributed by atoms with Gasteiger partial charge in [-0.25, -0.2) is 9.55 Å². The van der Waals surface area contributed by atoms with E-state index in [2.05, 4.69) is 34.1 Å². The van der Waals surface area contributed by atoms with E-state index in [1.165, 1.54) is 21.9 Å². The summed E-state index contributed by atoms with van der Waals surface area (Å²) in [6.45, 7) is 5.91. The first-order valence-electron chi connectivity index (χ1n) is 15.4. The van der Waals surface area contributed by atoms with Crippen LogP contribution < -0.4 is 18.9 Å². The molecule has 0 fully saturated rings. The van der Waals surface area contributed by atoms with E-state index in [-0.39, 0.29) is 31.8 Å². The highest BCUT2D eigenvalue weighted by molar-refractivity contribution is 5.84. The number of aliphatic hydroxyl groups excluding tert-OH is 1. The van der Waals surface area contributed by atoms with Crippen molar-refractivity contribution in [3.8, 4) is 23.0 Å². The maximum atomic E-state index is 11.4. The van der Waals surface area contributed by atoms with Gasteiger partial charge < -0.3 is 39.0 Å². The number of nitrogens with zero attached hydrogens (tertiary/aromatic N) is 5. The van der Waals surface area contributed by atoms with E-state index < -0.39 is 11.0 Å². The van der Waals surface area contributed by atoms with Crippen molar-refractivity contribution < 1.29 is 33.8 Å². The number of imidazole rings is 1. The minimum atomic E-state index is -1.03. The molecule has 0 bridgehead atoms. The Morgan fingerprint density at radius 3 is 2.84 bits per heavy atom. The molecule has 2 unspecified atom stereocenters. The number of hydrogen-bond acceptors (Lipinski definition) is 11. The normalized spacial score (nSPS) is 17.5. The molecular formula is C32H39N5O8. The van der Waals surface area contributed by atoms with Gasteiger partial charge in [-0.2, -0.15) is 0 Å². The highest BCUT2D eigenvalue weighted by Gasteiger charge is 2.37. The zero-order valence-electron chi connectivity index (χ0n) is 25.9. The monoisotopic (exact) mass is 621 g/mol. The van der Waals surface area contributed by atoms with Crippen LogP contribution in [0.25, 0.3) is 0 Å². The van der Waals surface area contributed by atoms with Crippen LogP contribution in [-0.2, 0) is 30.8 Å². The van der Waals surface area contributed by atoms with E-state index in [9.17, 15) is 15.2 Å². The van der Waals surface area contributed by atoms with Crippen LogP contribution in [0.4, 0.5) is 5.82 Å². The van der Waals surface area contributed by atoms with Crippen LogP contribution >= 0.6 is 0 Å². The number of nitro groups is 1. The Labute approximate surface area is 261 Å². The summed E-state index contributed by atoms with van der Waals surface area (Å²) in [5, 5.41) is 26.6. The van der Waals surface area contributed by atoms with Crippen molar-refractivity contribution in [1.29, 1.82) is 0 Å². The molecule has 45 heavy (non-hydrogen) atoms. The molecule has 3 aliphatic rings. The number of hydrogen-bond donors (Lipinski definition) is 1. The standard InChI is InChI=1S/C32H39N5O8/c1-4-5-6-9-45-34-14-22-11-30(41-3)32(42-18-23(38)16-36-20(2)33-15-31(36)37(39)40)26-17-35-8-7-21-10-28-29(44-19-43-28)13-25(21)27(35)12-24(22)26/h10-11,13-15,23,27,38H,4-9,12,16-19H2,1-3H3/b34-14+. The Bertz CT molecular complexity index is 1590. The molecule has 0 saturated carbocycles. The third-order valence-electron chi connectivity index (χ3n) is 8.72. The zero-order valence-corrected chi connectivity index (χ0v) is 25.9. The summed E-state index contributed by atoms with van der Waals surface area (Å²) in [4.78, 5) is 23.0. The fourth-order valence-electron chi connectivity index (χ4n) is 6.39. The van der Waals surface area contributed by atoms with Crippen LogP contribution in [0.5, 0.6) is 23.0 Å². The van der Waals surface area contributed by atoms with Gasteiger partial charge in [-0.05, 0) is 59.1 Å². The quantitative estimate of drug-likeness (QED) is 0.126. The fraction of sp³-hybridized carbons (Fsp3) is 0.500. The van der Waals surface area contributed by atoms with Crippen LogP contribution in [0, 0.1) is 17.0 Å². The van der Waals surface area contributed by atoms with Gasteiger partial charge in [0.05, 0.1) is 13.3 Å². The number of oxime groups is 1. The van der Waals surface area contributed by atoms with Gasteiger partial charge in [0, 0.05) is 37.2 Å². The third kappa shape index (κ3) is 6.27. The third-order valence-corrected chi connectivity index (χ3v) is 8.72. The van der Waals surface area contributed by atoms with Crippen molar-refractivity contribution >= 4 is 12.0 Å². The molecule has 2 aromatic carbocycles. The largest absolute Gasteiger partial charge is 0.493 e. The number of benzene rings is 2. The van der Waals surface area contributed by atoms with E-state index in [0.29, 0.717) is 36.9 Å². The van der Waals surface area contributed by atoms with Crippen molar-refractivity contribution in [2.24, 2.45) is 5.16 Å². The molecule has 13 nitrogen and oxygen atoms in total. The second-order valence-electron chi connectivity index (χ2n) is 11.6. The lowest BCUT2D eigenvalue weighted by molar-refractivity contribution is -0.392. The maximum Gasteiger partial charge on any atom is 0.342 e. The minimum Gasteiger partial charge on any atom is -0.493 e. The molecule has 0 aliphatic carbocycles. The lowest BCUT2D eigenvalue weighted by Crippen LogP contribution is -2.40.